The summed E-state index contributed by atoms with van der Waals surface area (Å²) in [6.45, 7) is 1.40. The topological polar surface area (TPSA) is 55.4 Å². The Hall–Kier alpha value is -2.83. The first kappa shape index (κ1) is 16.5. The molecule has 0 atom stereocenters. The molecule has 1 amide bonds. The molecule has 0 aliphatic heterocycles. The maximum Gasteiger partial charge on any atom is 0.573 e. The normalized spacial score (nSPS) is 11.0. The van der Waals surface area contributed by atoms with Gasteiger partial charge in [-0.1, -0.05) is 12.1 Å². The Bertz CT molecular complexity index is 724. The predicted molar refractivity (Wildman–Crippen MR) is 77.5 cm³/mol. The molecular weight excluding hydrogens is 311 g/mol. The first-order valence-corrected chi connectivity index (χ1v) is 6.53. The van der Waals surface area contributed by atoms with Crippen LogP contribution < -0.4 is 10.1 Å². The lowest BCUT2D eigenvalue weighted by Gasteiger charge is -2.10. The van der Waals surface area contributed by atoms with E-state index in [0.29, 0.717) is 11.3 Å². The number of Topliss-reactive ketones (excluding diaryl/α,β-unsaturated/α-hetero) is 1. The molecule has 2 aromatic rings. The molecule has 0 saturated heterocycles. The first-order valence-electron chi connectivity index (χ1n) is 6.53. The number of ether oxygens (including phenoxy) is 1. The van der Waals surface area contributed by atoms with Gasteiger partial charge in [0, 0.05) is 16.8 Å². The van der Waals surface area contributed by atoms with E-state index in [0.717, 1.165) is 12.1 Å². The van der Waals surface area contributed by atoms with Crippen molar-refractivity contribution in [2.45, 2.75) is 13.3 Å². The maximum absolute atomic E-state index is 12.1. The number of alkyl halides is 3. The fourth-order valence-corrected chi connectivity index (χ4v) is 1.83. The molecule has 0 aliphatic rings. The highest BCUT2D eigenvalue weighted by molar-refractivity contribution is 6.05. The third kappa shape index (κ3) is 4.84. The van der Waals surface area contributed by atoms with Gasteiger partial charge in [-0.25, -0.2) is 0 Å². The third-order valence-corrected chi connectivity index (χ3v) is 2.88. The van der Waals surface area contributed by atoms with Crippen molar-refractivity contribution in [3.05, 3.63) is 59.7 Å². The lowest BCUT2D eigenvalue weighted by Crippen LogP contribution is -2.17. The molecule has 0 aromatic heterocycles. The van der Waals surface area contributed by atoms with Crippen LogP contribution in [0.25, 0.3) is 0 Å². The zero-order valence-electron chi connectivity index (χ0n) is 12.0. The van der Waals surface area contributed by atoms with E-state index in [2.05, 4.69) is 10.1 Å². The molecular formula is C16H12F3NO3. The summed E-state index contributed by atoms with van der Waals surface area (Å²) in [7, 11) is 0. The summed E-state index contributed by atoms with van der Waals surface area (Å²) in [5.74, 6) is -1.06. The fraction of sp³-hybridized carbons (Fsp3) is 0.125. The second kappa shape index (κ2) is 6.51. The van der Waals surface area contributed by atoms with Crippen molar-refractivity contribution in [3.63, 3.8) is 0 Å². The number of anilines is 1. The van der Waals surface area contributed by atoms with Crippen molar-refractivity contribution in [2.75, 3.05) is 5.32 Å². The van der Waals surface area contributed by atoms with Crippen molar-refractivity contribution in [1.29, 1.82) is 0 Å². The standard InChI is InChI=1S/C16H12F3NO3/c1-10(21)12-3-2-4-13(9-12)20-15(22)11-5-7-14(8-6-11)23-16(17,18)19/h2-9H,1H3,(H,20,22). The molecule has 0 heterocycles. The Balaban J connectivity index is 2.09. The number of halogens is 3. The van der Waals surface area contributed by atoms with Crippen LogP contribution in [0.5, 0.6) is 5.75 Å². The highest BCUT2D eigenvalue weighted by Crippen LogP contribution is 2.23. The second-order valence-corrected chi connectivity index (χ2v) is 4.66. The van der Waals surface area contributed by atoms with Gasteiger partial charge in [-0.3, -0.25) is 9.59 Å². The number of hydrogen-bond acceptors (Lipinski definition) is 3. The zero-order valence-corrected chi connectivity index (χ0v) is 12.0. The van der Waals surface area contributed by atoms with Gasteiger partial charge < -0.3 is 10.1 Å². The number of nitrogens with one attached hydrogen (secondary N) is 1. The molecule has 0 bridgehead atoms. The van der Waals surface area contributed by atoms with E-state index in [1.165, 1.54) is 25.1 Å². The highest BCUT2D eigenvalue weighted by Gasteiger charge is 2.31. The summed E-state index contributed by atoms with van der Waals surface area (Å²) in [5, 5.41) is 2.57. The Kier molecular flexibility index (Phi) is 4.68. The smallest absolute Gasteiger partial charge is 0.406 e. The fourth-order valence-electron chi connectivity index (χ4n) is 1.83. The molecule has 1 N–H and O–H groups in total. The monoisotopic (exact) mass is 323 g/mol. The molecule has 0 unspecified atom stereocenters. The van der Waals surface area contributed by atoms with E-state index in [9.17, 15) is 22.8 Å². The van der Waals surface area contributed by atoms with Crippen LogP contribution in [-0.2, 0) is 0 Å². The number of benzene rings is 2. The Labute approximate surface area is 129 Å². The van der Waals surface area contributed by atoms with E-state index >= 15 is 0 Å². The van der Waals surface area contributed by atoms with Gasteiger partial charge in [-0.05, 0) is 43.3 Å². The molecule has 0 saturated carbocycles. The van der Waals surface area contributed by atoms with Gasteiger partial charge in [0.1, 0.15) is 5.75 Å². The molecule has 0 fully saturated rings. The summed E-state index contributed by atoms with van der Waals surface area (Å²) in [4.78, 5) is 23.3. The van der Waals surface area contributed by atoms with Crippen LogP contribution in [0, 0.1) is 0 Å². The van der Waals surface area contributed by atoms with E-state index in [4.69, 9.17) is 0 Å². The van der Waals surface area contributed by atoms with Crippen molar-refractivity contribution in [2.24, 2.45) is 0 Å². The van der Waals surface area contributed by atoms with Gasteiger partial charge in [-0.15, -0.1) is 13.2 Å². The number of ketones is 1. The summed E-state index contributed by atoms with van der Waals surface area (Å²) in [6, 6.07) is 10.9. The average Bonchev–Trinajstić information content (AvgIpc) is 2.46. The van der Waals surface area contributed by atoms with Gasteiger partial charge in [0.25, 0.3) is 5.91 Å². The minimum Gasteiger partial charge on any atom is -0.406 e. The van der Waals surface area contributed by atoms with Crippen LogP contribution in [0.15, 0.2) is 48.5 Å². The van der Waals surface area contributed by atoms with E-state index in [1.54, 1.807) is 18.2 Å². The third-order valence-electron chi connectivity index (χ3n) is 2.88. The highest BCUT2D eigenvalue weighted by atomic mass is 19.4. The summed E-state index contributed by atoms with van der Waals surface area (Å²) < 4.78 is 39.9. The number of amides is 1. The second-order valence-electron chi connectivity index (χ2n) is 4.66. The molecule has 4 nitrogen and oxygen atoms in total. The van der Waals surface area contributed by atoms with Crippen LogP contribution in [0.3, 0.4) is 0 Å². The first-order chi connectivity index (χ1) is 10.7. The van der Waals surface area contributed by atoms with E-state index in [-0.39, 0.29) is 11.3 Å². The van der Waals surface area contributed by atoms with Crippen molar-refractivity contribution in [1.82, 2.24) is 0 Å². The summed E-state index contributed by atoms with van der Waals surface area (Å²) in [6.07, 6.45) is -4.78. The Morgan fingerprint density at radius 2 is 1.65 bits per heavy atom. The lowest BCUT2D eigenvalue weighted by atomic mass is 10.1. The van der Waals surface area contributed by atoms with Gasteiger partial charge in [0.2, 0.25) is 0 Å². The van der Waals surface area contributed by atoms with Crippen LogP contribution >= 0.6 is 0 Å². The van der Waals surface area contributed by atoms with Crippen LogP contribution in [0.2, 0.25) is 0 Å². The predicted octanol–water partition coefficient (Wildman–Crippen LogP) is 4.04. The van der Waals surface area contributed by atoms with E-state index < -0.39 is 18.0 Å². The number of hydrogen-bond donors (Lipinski definition) is 1. The minimum atomic E-state index is -4.78. The number of carbonyl (C=O) groups is 2. The van der Waals surface area contributed by atoms with Crippen LogP contribution in [0.4, 0.5) is 18.9 Å². The SMILES string of the molecule is CC(=O)c1cccc(NC(=O)c2ccc(OC(F)(F)F)cc2)c1. The summed E-state index contributed by atoms with van der Waals surface area (Å²) in [5.41, 5.74) is 1.02. The molecule has 2 rings (SSSR count). The lowest BCUT2D eigenvalue weighted by molar-refractivity contribution is -0.274. The molecule has 2 aromatic carbocycles. The molecule has 0 aliphatic carbocycles. The maximum atomic E-state index is 12.1. The molecule has 120 valence electrons. The Morgan fingerprint density at radius 3 is 2.22 bits per heavy atom. The van der Waals surface area contributed by atoms with Crippen molar-refractivity contribution in [3.8, 4) is 5.75 Å². The van der Waals surface area contributed by atoms with Gasteiger partial charge >= 0.3 is 6.36 Å². The quantitative estimate of drug-likeness (QED) is 0.864. The summed E-state index contributed by atoms with van der Waals surface area (Å²) >= 11 is 0. The van der Waals surface area contributed by atoms with Gasteiger partial charge in [-0.2, -0.15) is 0 Å². The van der Waals surface area contributed by atoms with Crippen LogP contribution in [-0.4, -0.2) is 18.1 Å². The van der Waals surface area contributed by atoms with Gasteiger partial charge in [0.05, 0.1) is 0 Å². The van der Waals surface area contributed by atoms with Crippen molar-refractivity contribution < 1.29 is 27.5 Å². The zero-order chi connectivity index (χ0) is 17.0. The molecule has 0 radical (unpaired) electrons. The minimum absolute atomic E-state index is 0.144. The van der Waals surface area contributed by atoms with Crippen LogP contribution in [0.1, 0.15) is 27.6 Å². The van der Waals surface area contributed by atoms with Crippen molar-refractivity contribution >= 4 is 17.4 Å². The van der Waals surface area contributed by atoms with Gasteiger partial charge in [0.15, 0.2) is 5.78 Å². The Morgan fingerprint density at radius 1 is 1.00 bits per heavy atom. The average molecular weight is 323 g/mol. The largest absolute Gasteiger partial charge is 0.573 e. The molecule has 0 spiro atoms. The molecule has 7 heteroatoms. The number of rotatable bonds is 4. The van der Waals surface area contributed by atoms with E-state index in [1.807, 2.05) is 0 Å². The number of carbonyl (C=O) groups excluding carboxylic acids is 2. The molecule has 23 heavy (non-hydrogen) atoms.